The van der Waals surface area contributed by atoms with Crippen LogP contribution in [0.4, 0.5) is 0 Å². The van der Waals surface area contributed by atoms with Crippen LogP contribution in [0.2, 0.25) is 0 Å². The summed E-state index contributed by atoms with van der Waals surface area (Å²) in [4.78, 5) is 13.7. The van der Waals surface area contributed by atoms with E-state index in [9.17, 15) is 0 Å². The molecule has 1 aromatic heterocycles. The van der Waals surface area contributed by atoms with E-state index in [-0.39, 0.29) is 24.0 Å². The topological polar surface area (TPSA) is 43.8 Å². The highest BCUT2D eigenvalue weighted by Gasteiger charge is 2.27. The number of rotatable bonds is 6. The third-order valence-corrected chi connectivity index (χ3v) is 4.67. The lowest BCUT2D eigenvalue weighted by molar-refractivity contribution is 0.223. The van der Waals surface area contributed by atoms with Crippen LogP contribution in [0.1, 0.15) is 31.5 Å². The molecular weight excluding hydrogens is 413 g/mol. The Labute approximate surface area is 163 Å². The summed E-state index contributed by atoms with van der Waals surface area (Å²) in [6.45, 7) is 11.8. The molecule has 1 aromatic rings. The second-order valence-electron chi connectivity index (χ2n) is 6.14. The van der Waals surface area contributed by atoms with E-state index in [4.69, 9.17) is 0 Å². The third kappa shape index (κ3) is 5.88. The van der Waals surface area contributed by atoms with Gasteiger partial charge in [0, 0.05) is 44.6 Å². The number of aryl methyl sites for hydroxylation is 1. The van der Waals surface area contributed by atoms with Crippen molar-refractivity contribution in [2.75, 3.05) is 39.8 Å². The van der Waals surface area contributed by atoms with Crippen LogP contribution in [-0.2, 0) is 6.42 Å². The van der Waals surface area contributed by atoms with Gasteiger partial charge in [-0.3, -0.25) is 14.9 Å². The van der Waals surface area contributed by atoms with Gasteiger partial charge in [0.25, 0.3) is 0 Å². The fourth-order valence-electron chi connectivity index (χ4n) is 3.27. The van der Waals surface area contributed by atoms with Crippen LogP contribution in [0.25, 0.3) is 0 Å². The molecule has 0 radical (unpaired) electrons. The maximum Gasteiger partial charge on any atom is 0.193 e. The molecule has 0 saturated carbocycles. The molecule has 24 heavy (non-hydrogen) atoms. The van der Waals surface area contributed by atoms with Crippen LogP contribution in [0, 0.1) is 6.92 Å². The minimum Gasteiger partial charge on any atom is -0.356 e. The molecule has 2 rings (SSSR count). The summed E-state index contributed by atoms with van der Waals surface area (Å²) in [5.74, 6) is 1.03. The Bertz CT molecular complexity index is 499. The van der Waals surface area contributed by atoms with Crippen molar-refractivity contribution in [1.29, 1.82) is 0 Å². The molecule has 1 saturated heterocycles. The summed E-state index contributed by atoms with van der Waals surface area (Å²) >= 11 is 0. The number of hydrogen-bond acceptors (Lipinski definition) is 3. The van der Waals surface area contributed by atoms with E-state index < -0.39 is 0 Å². The van der Waals surface area contributed by atoms with E-state index in [0.29, 0.717) is 6.04 Å². The van der Waals surface area contributed by atoms with Gasteiger partial charge in [0.05, 0.1) is 0 Å². The van der Waals surface area contributed by atoms with Gasteiger partial charge < -0.3 is 10.2 Å². The molecular formula is C18H32IN5. The van der Waals surface area contributed by atoms with Gasteiger partial charge >= 0.3 is 0 Å². The largest absolute Gasteiger partial charge is 0.356 e. The first-order valence-electron chi connectivity index (χ1n) is 8.79. The zero-order chi connectivity index (χ0) is 16.7. The summed E-state index contributed by atoms with van der Waals surface area (Å²) in [6.07, 6.45) is 4.16. The number of likely N-dealkylation sites (N-methyl/N-ethyl adjacent to an activating group) is 1. The van der Waals surface area contributed by atoms with Crippen LogP contribution < -0.4 is 5.32 Å². The van der Waals surface area contributed by atoms with E-state index >= 15 is 0 Å². The Morgan fingerprint density at radius 3 is 2.71 bits per heavy atom. The number of aliphatic imine (C=N–C) groups is 1. The Hall–Kier alpha value is -0.890. The highest BCUT2D eigenvalue weighted by Crippen LogP contribution is 2.15. The lowest BCUT2D eigenvalue weighted by atomic mass is 10.2. The normalized spacial score (nSPS) is 18.0. The lowest BCUT2D eigenvalue weighted by Crippen LogP contribution is -2.43. The highest BCUT2D eigenvalue weighted by atomic mass is 127. The predicted molar refractivity (Wildman–Crippen MR) is 112 cm³/mol. The first kappa shape index (κ1) is 21.2. The Morgan fingerprint density at radius 1 is 1.38 bits per heavy atom. The van der Waals surface area contributed by atoms with Crippen molar-refractivity contribution in [2.45, 2.75) is 39.7 Å². The lowest BCUT2D eigenvalue weighted by Gasteiger charge is -2.27. The highest BCUT2D eigenvalue weighted by molar-refractivity contribution is 14.0. The number of nitrogens with zero attached hydrogens (tertiary/aromatic N) is 4. The first-order valence-corrected chi connectivity index (χ1v) is 8.79. The summed E-state index contributed by atoms with van der Waals surface area (Å²) in [5.41, 5.74) is 2.33. The number of pyridine rings is 1. The van der Waals surface area contributed by atoms with E-state index in [1.807, 2.05) is 20.2 Å². The van der Waals surface area contributed by atoms with Crippen LogP contribution in [-0.4, -0.2) is 66.6 Å². The maximum absolute atomic E-state index is 4.46. The predicted octanol–water partition coefficient (Wildman–Crippen LogP) is 2.54. The number of aromatic nitrogens is 1. The number of halogens is 1. The standard InChI is InChI=1S/C18H31N5.HI/c1-5-22(6-2)17-10-12-23(14-17)18(19-4)20-11-9-16-8-7-15(3)21-13-16;/h7-8,13,17H,5-6,9-12,14H2,1-4H3,(H,19,20);1H. The summed E-state index contributed by atoms with van der Waals surface area (Å²) < 4.78 is 0. The molecule has 1 aliphatic heterocycles. The molecule has 0 aromatic carbocycles. The van der Waals surface area contributed by atoms with Crippen molar-refractivity contribution in [1.82, 2.24) is 20.1 Å². The third-order valence-electron chi connectivity index (χ3n) is 4.67. The molecule has 0 aliphatic carbocycles. The SMILES string of the molecule is CCN(CC)C1CCN(C(=NC)NCCc2ccc(C)nc2)C1.I. The minimum atomic E-state index is 0. The van der Waals surface area contributed by atoms with Crippen molar-refractivity contribution >= 4 is 29.9 Å². The Kier molecular flexibility index (Phi) is 9.58. The minimum absolute atomic E-state index is 0. The molecule has 1 unspecified atom stereocenters. The van der Waals surface area contributed by atoms with Gasteiger partial charge in [-0.15, -0.1) is 24.0 Å². The van der Waals surface area contributed by atoms with Crippen molar-refractivity contribution in [3.8, 4) is 0 Å². The molecule has 2 heterocycles. The molecule has 0 bridgehead atoms. The van der Waals surface area contributed by atoms with E-state index in [0.717, 1.165) is 50.8 Å². The quantitative estimate of drug-likeness (QED) is 0.415. The number of likely N-dealkylation sites (tertiary alicyclic amines) is 1. The fraction of sp³-hybridized carbons (Fsp3) is 0.667. The molecule has 0 amide bonds. The van der Waals surface area contributed by atoms with Crippen LogP contribution in [0.3, 0.4) is 0 Å². The average molecular weight is 445 g/mol. The molecule has 1 fully saturated rings. The Morgan fingerprint density at radius 2 is 2.12 bits per heavy atom. The monoisotopic (exact) mass is 445 g/mol. The fourth-order valence-corrected chi connectivity index (χ4v) is 3.27. The van der Waals surface area contributed by atoms with Gasteiger partial charge in [-0.2, -0.15) is 0 Å². The van der Waals surface area contributed by atoms with Gasteiger partial charge in [0.2, 0.25) is 0 Å². The van der Waals surface area contributed by atoms with Gasteiger partial charge in [-0.25, -0.2) is 0 Å². The summed E-state index contributed by atoms with van der Waals surface area (Å²) in [7, 11) is 1.88. The van der Waals surface area contributed by atoms with Crippen molar-refractivity contribution in [3.63, 3.8) is 0 Å². The smallest absolute Gasteiger partial charge is 0.193 e. The van der Waals surface area contributed by atoms with Gasteiger partial charge in [-0.1, -0.05) is 19.9 Å². The van der Waals surface area contributed by atoms with Crippen molar-refractivity contribution in [3.05, 3.63) is 29.6 Å². The van der Waals surface area contributed by atoms with Crippen molar-refractivity contribution in [2.24, 2.45) is 4.99 Å². The second kappa shape index (κ2) is 10.9. The zero-order valence-corrected chi connectivity index (χ0v) is 17.8. The molecule has 1 aliphatic rings. The maximum atomic E-state index is 4.46. The van der Waals surface area contributed by atoms with Crippen molar-refractivity contribution < 1.29 is 0 Å². The average Bonchev–Trinajstić information content (AvgIpc) is 3.04. The molecule has 6 heteroatoms. The van der Waals surface area contributed by atoms with Gasteiger partial charge in [-0.05, 0) is 44.5 Å². The van der Waals surface area contributed by atoms with E-state index in [2.05, 4.69) is 51.1 Å². The summed E-state index contributed by atoms with van der Waals surface area (Å²) in [5, 5.41) is 3.50. The van der Waals surface area contributed by atoms with E-state index in [1.54, 1.807) is 0 Å². The number of hydrogen-bond donors (Lipinski definition) is 1. The van der Waals surface area contributed by atoms with E-state index in [1.165, 1.54) is 12.0 Å². The van der Waals surface area contributed by atoms with Crippen LogP contribution in [0.5, 0.6) is 0 Å². The Balaban J connectivity index is 0.00000288. The number of nitrogens with one attached hydrogen (secondary N) is 1. The second-order valence-corrected chi connectivity index (χ2v) is 6.14. The van der Waals surface area contributed by atoms with Gasteiger partial charge in [0.15, 0.2) is 5.96 Å². The van der Waals surface area contributed by atoms with Crippen LogP contribution in [0.15, 0.2) is 23.3 Å². The number of guanidine groups is 1. The molecule has 5 nitrogen and oxygen atoms in total. The first-order chi connectivity index (χ1) is 11.2. The molecule has 1 atom stereocenters. The summed E-state index contributed by atoms with van der Waals surface area (Å²) in [6, 6.07) is 4.88. The molecule has 136 valence electrons. The van der Waals surface area contributed by atoms with Crippen LogP contribution >= 0.6 is 24.0 Å². The zero-order valence-electron chi connectivity index (χ0n) is 15.5. The van der Waals surface area contributed by atoms with Gasteiger partial charge in [0.1, 0.15) is 0 Å². The molecule has 0 spiro atoms. The molecule has 1 N–H and O–H groups in total.